The van der Waals surface area contributed by atoms with Gasteiger partial charge in [-0.05, 0) is 35.0 Å². The van der Waals surface area contributed by atoms with Gasteiger partial charge in [0.2, 0.25) is 0 Å². The van der Waals surface area contributed by atoms with E-state index in [4.69, 9.17) is 4.74 Å². The van der Waals surface area contributed by atoms with Crippen molar-refractivity contribution in [1.82, 2.24) is 14.8 Å². The van der Waals surface area contributed by atoms with Gasteiger partial charge in [-0.3, -0.25) is 4.98 Å². The number of rotatable bonds is 4. The maximum Gasteiger partial charge on any atom is 0.360 e. The maximum atomic E-state index is 13.7. The summed E-state index contributed by atoms with van der Waals surface area (Å²) in [5.74, 6) is -5.05. The first-order chi connectivity index (χ1) is 12.4. The van der Waals surface area contributed by atoms with Crippen LogP contribution in [0, 0.1) is 17.5 Å². The second kappa shape index (κ2) is 7.28. The highest BCUT2D eigenvalue weighted by Crippen LogP contribution is 2.34. The molecule has 0 fully saturated rings. The third-order valence-corrected chi connectivity index (χ3v) is 4.20. The van der Waals surface area contributed by atoms with Crippen molar-refractivity contribution in [1.29, 1.82) is 0 Å². The largest absolute Gasteiger partial charge is 0.461 e. The molecule has 0 spiro atoms. The molecule has 26 heavy (non-hydrogen) atoms. The van der Waals surface area contributed by atoms with Crippen molar-refractivity contribution in [3.05, 3.63) is 64.3 Å². The maximum absolute atomic E-state index is 13.7. The number of ether oxygens (including phenoxy) is 1. The summed E-state index contributed by atoms with van der Waals surface area (Å²) in [4.78, 5) is 16.1. The molecule has 5 nitrogen and oxygen atoms in total. The lowest BCUT2D eigenvalue weighted by molar-refractivity contribution is 0.0518. The van der Waals surface area contributed by atoms with E-state index in [9.17, 15) is 18.0 Å². The lowest BCUT2D eigenvalue weighted by atomic mass is 10.2. The number of nitrogens with zero attached hydrogens (tertiary/aromatic N) is 3. The SMILES string of the molecule is CCOC(=O)c1nn(-c2cc(F)c(F)c(F)c2)c(-c2cccnc2)c1Br. The fraction of sp³-hybridized carbons (Fsp3) is 0.118. The molecule has 0 N–H and O–H groups in total. The smallest absolute Gasteiger partial charge is 0.360 e. The molecule has 2 aromatic heterocycles. The highest BCUT2D eigenvalue weighted by molar-refractivity contribution is 9.10. The van der Waals surface area contributed by atoms with Crippen LogP contribution in [-0.4, -0.2) is 27.3 Å². The van der Waals surface area contributed by atoms with Crippen molar-refractivity contribution < 1.29 is 22.7 Å². The van der Waals surface area contributed by atoms with E-state index in [-0.39, 0.29) is 22.5 Å². The quantitative estimate of drug-likeness (QED) is 0.462. The van der Waals surface area contributed by atoms with Crippen molar-refractivity contribution in [2.45, 2.75) is 6.92 Å². The van der Waals surface area contributed by atoms with Gasteiger partial charge in [0.1, 0.15) is 0 Å². The van der Waals surface area contributed by atoms with Crippen molar-refractivity contribution in [3.8, 4) is 16.9 Å². The molecule has 3 aromatic rings. The Labute approximate surface area is 154 Å². The van der Waals surface area contributed by atoms with E-state index in [0.29, 0.717) is 11.3 Å². The lowest BCUT2D eigenvalue weighted by Gasteiger charge is -2.09. The van der Waals surface area contributed by atoms with Crippen LogP contribution in [0.5, 0.6) is 0 Å². The molecular weight excluding hydrogens is 415 g/mol. The molecule has 1 aromatic carbocycles. The molecule has 0 saturated heterocycles. The van der Waals surface area contributed by atoms with Gasteiger partial charge >= 0.3 is 5.97 Å². The van der Waals surface area contributed by atoms with Gasteiger partial charge in [0.25, 0.3) is 0 Å². The summed E-state index contributed by atoms with van der Waals surface area (Å²) >= 11 is 3.28. The highest BCUT2D eigenvalue weighted by atomic mass is 79.9. The predicted molar refractivity (Wildman–Crippen MR) is 90.3 cm³/mol. The molecule has 2 heterocycles. The number of hydrogen-bond acceptors (Lipinski definition) is 4. The second-order valence-corrected chi connectivity index (χ2v) is 5.90. The van der Waals surface area contributed by atoms with E-state index in [0.717, 1.165) is 16.8 Å². The molecule has 0 aliphatic rings. The Hall–Kier alpha value is -2.68. The zero-order valence-electron chi connectivity index (χ0n) is 13.3. The minimum Gasteiger partial charge on any atom is -0.461 e. The first-order valence-electron chi connectivity index (χ1n) is 7.45. The molecule has 0 saturated carbocycles. The number of carbonyl (C=O) groups excluding carboxylic acids is 1. The van der Waals surface area contributed by atoms with E-state index in [1.165, 1.54) is 6.20 Å². The van der Waals surface area contributed by atoms with Crippen LogP contribution in [0.3, 0.4) is 0 Å². The van der Waals surface area contributed by atoms with E-state index in [1.54, 1.807) is 25.3 Å². The number of hydrogen-bond donors (Lipinski definition) is 0. The van der Waals surface area contributed by atoms with Gasteiger partial charge in [0.05, 0.1) is 22.5 Å². The molecule has 0 radical (unpaired) electrons. The van der Waals surface area contributed by atoms with Gasteiger partial charge in [0, 0.05) is 30.1 Å². The van der Waals surface area contributed by atoms with Gasteiger partial charge in [-0.2, -0.15) is 5.10 Å². The fourth-order valence-corrected chi connectivity index (χ4v) is 2.97. The summed E-state index contributed by atoms with van der Waals surface area (Å²) in [5, 5.41) is 4.10. The van der Waals surface area contributed by atoms with Crippen molar-refractivity contribution in [2.24, 2.45) is 0 Å². The number of pyridine rings is 1. The summed E-state index contributed by atoms with van der Waals surface area (Å²) < 4.78 is 47.0. The van der Waals surface area contributed by atoms with Crippen LogP contribution < -0.4 is 0 Å². The normalized spacial score (nSPS) is 10.8. The van der Waals surface area contributed by atoms with Gasteiger partial charge in [-0.1, -0.05) is 0 Å². The molecular formula is C17H11BrF3N3O2. The lowest BCUT2D eigenvalue weighted by Crippen LogP contribution is -2.08. The number of aromatic nitrogens is 3. The standard InChI is InChI=1S/C17H11BrF3N3O2/c1-2-26-17(25)15-13(18)16(9-4-3-5-22-8-9)24(23-15)10-6-11(19)14(21)12(20)7-10/h3-8H,2H2,1H3. The van der Waals surface area contributed by atoms with Crippen LogP contribution in [0.1, 0.15) is 17.4 Å². The summed E-state index contributed by atoms with van der Waals surface area (Å²) in [6, 6.07) is 4.89. The van der Waals surface area contributed by atoms with E-state index in [2.05, 4.69) is 26.0 Å². The summed E-state index contributed by atoms with van der Waals surface area (Å²) in [6.07, 6.45) is 3.03. The van der Waals surface area contributed by atoms with E-state index < -0.39 is 23.4 Å². The molecule has 0 bridgehead atoms. The van der Waals surface area contributed by atoms with Crippen molar-refractivity contribution >= 4 is 21.9 Å². The van der Waals surface area contributed by atoms with Crippen LogP contribution in [-0.2, 0) is 4.74 Å². The molecule has 0 amide bonds. The molecule has 0 aliphatic heterocycles. The molecule has 0 atom stereocenters. The Morgan fingerprint density at radius 2 is 1.96 bits per heavy atom. The predicted octanol–water partition coefficient (Wildman–Crippen LogP) is 4.29. The van der Waals surface area contributed by atoms with Gasteiger partial charge < -0.3 is 4.74 Å². The summed E-state index contributed by atoms with van der Waals surface area (Å²) in [5.41, 5.74) is 0.645. The van der Waals surface area contributed by atoms with Crippen molar-refractivity contribution in [3.63, 3.8) is 0 Å². The van der Waals surface area contributed by atoms with Gasteiger partial charge in [0.15, 0.2) is 23.1 Å². The minimum absolute atomic E-state index is 0.0872. The van der Waals surface area contributed by atoms with Crippen LogP contribution in [0.4, 0.5) is 13.2 Å². The first-order valence-corrected chi connectivity index (χ1v) is 8.24. The third-order valence-electron chi connectivity index (χ3n) is 3.44. The first kappa shape index (κ1) is 18.1. The molecule has 0 aliphatic carbocycles. The van der Waals surface area contributed by atoms with Crippen LogP contribution >= 0.6 is 15.9 Å². The third kappa shape index (κ3) is 3.22. The Bertz CT molecular complexity index is 954. The van der Waals surface area contributed by atoms with E-state index >= 15 is 0 Å². The molecule has 0 unspecified atom stereocenters. The topological polar surface area (TPSA) is 57.0 Å². The van der Waals surface area contributed by atoms with Crippen molar-refractivity contribution in [2.75, 3.05) is 6.61 Å². The highest BCUT2D eigenvalue weighted by Gasteiger charge is 2.25. The zero-order valence-corrected chi connectivity index (χ0v) is 14.9. The Kier molecular flexibility index (Phi) is 5.08. The van der Waals surface area contributed by atoms with Crippen LogP contribution in [0.25, 0.3) is 16.9 Å². The average molecular weight is 426 g/mol. The summed E-state index contributed by atoms with van der Waals surface area (Å²) in [7, 11) is 0. The zero-order chi connectivity index (χ0) is 18.8. The molecule has 3 rings (SSSR count). The number of halogens is 4. The summed E-state index contributed by atoms with van der Waals surface area (Å²) in [6.45, 7) is 1.76. The molecule has 9 heteroatoms. The van der Waals surface area contributed by atoms with Crippen LogP contribution in [0.2, 0.25) is 0 Å². The average Bonchev–Trinajstić information content (AvgIpc) is 2.97. The van der Waals surface area contributed by atoms with Gasteiger partial charge in [-0.25, -0.2) is 22.6 Å². The van der Waals surface area contributed by atoms with Crippen LogP contribution in [0.15, 0.2) is 41.1 Å². The minimum atomic E-state index is -1.59. The monoisotopic (exact) mass is 425 g/mol. The number of benzene rings is 1. The van der Waals surface area contributed by atoms with Gasteiger partial charge in [-0.15, -0.1) is 0 Å². The molecule has 134 valence electrons. The fourth-order valence-electron chi connectivity index (χ4n) is 2.33. The van der Waals surface area contributed by atoms with E-state index in [1.807, 2.05) is 0 Å². The second-order valence-electron chi connectivity index (χ2n) is 5.11. The Morgan fingerprint density at radius 3 is 2.54 bits per heavy atom. The number of carbonyl (C=O) groups is 1. The number of esters is 1. The Balaban J connectivity index is 2.27. The Morgan fingerprint density at radius 1 is 1.27 bits per heavy atom.